The first-order valence-electron chi connectivity index (χ1n) is 10.3. The van der Waals surface area contributed by atoms with Crippen molar-refractivity contribution in [3.05, 3.63) is 58.9 Å². The molecule has 4 atom stereocenters. The number of rotatable bonds is 5. The van der Waals surface area contributed by atoms with Gasteiger partial charge in [0.25, 0.3) is 0 Å². The highest BCUT2D eigenvalue weighted by Crippen LogP contribution is 2.35. The molecule has 4 nitrogen and oxygen atoms in total. The summed E-state index contributed by atoms with van der Waals surface area (Å²) in [5.41, 5.74) is 4.22. The molecule has 2 aliphatic rings. The summed E-state index contributed by atoms with van der Waals surface area (Å²) in [5.74, 6) is 0.182. The molecular formula is C24H26FN3O. The molecule has 1 saturated heterocycles. The van der Waals surface area contributed by atoms with Crippen molar-refractivity contribution in [3.8, 4) is 17.2 Å². The number of halogens is 1. The molecule has 1 heterocycles. The number of carbonyl (C=O) groups is 1. The molecule has 29 heavy (non-hydrogen) atoms. The Kier molecular flexibility index (Phi) is 5.38. The fourth-order valence-corrected chi connectivity index (χ4v) is 4.72. The van der Waals surface area contributed by atoms with E-state index in [4.69, 9.17) is 0 Å². The Morgan fingerprint density at radius 2 is 1.90 bits per heavy atom. The summed E-state index contributed by atoms with van der Waals surface area (Å²) in [6.07, 6.45) is 3.77. The number of nitrogens with one attached hydrogen (secondary N) is 2. The molecule has 0 spiro atoms. The number of aryl methyl sites for hydroxylation is 2. The molecule has 1 amide bonds. The Hall–Kier alpha value is -2.71. The van der Waals surface area contributed by atoms with Gasteiger partial charge in [0.1, 0.15) is 11.9 Å². The van der Waals surface area contributed by atoms with Crippen LogP contribution in [0.15, 0.2) is 36.4 Å². The maximum atomic E-state index is 13.9. The maximum Gasteiger partial charge on any atom is 0.238 e. The Morgan fingerprint density at radius 3 is 2.45 bits per heavy atom. The van der Waals surface area contributed by atoms with Gasteiger partial charge < -0.3 is 10.6 Å². The zero-order valence-corrected chi connectivity index (χ0v) is 16.8. The standard InChI is InChI=1S/C24H26FN3O/c1-14-9-19(10-15(2)22(14)25)17-5-3-16(4-6-17)11-21(13-26)28-24(29)23-18-7-8-20(12-18)27-23/h3-6,9-10,18,20-21,23,27H,7-8,11-12H2,1-2H3,(H,28,29)/t18-,20+,21-,23-/m0/s1. The second-order valence-corrected chi connectivity index (χ2v) is 8.43. The Labute approximate surface area is 171 Å². The lowest BCUT2D eigenvalue weighted by atomic mass is 9.97. The lowest BCUT2D eigenvalue weighted by Crippen LogP contribution is -2.50. The Balaban J connectivity index is 1.41. The molecule has 2 aromatic carbocycles. The van der Waals surface area contributed by atoms with Gasteiger partial charge in [-0.2, -0.15) is 5.26 Å². The number of amides is 1. The SMILES string of the molecule is Cc1cc(-c2ccc(C[C@@H](C#N)NC(=O)[C@H]3N[C@@H]4CC[C@H]3C4)cc2)cc(C)c1F. The monoisotopic (exact) mass is 391 g/mol. The van der Waals surface area contributed by atoms with E-state index in [1.54, 1.807) is 13.8 Å². The van der Waals surface area contributed by atoms with Crippen LogP contribution in [0.1, 0.15) is 36.0 Å². The summed E-state index contributed by atoms with van der Waals surface area (Å²) in [4.78, 5) is 12.6. The van der Waals surface area contributed by atoms with E-state index in [9.17, 15) is 14.4 Å². The van der Waals surface area contributed by atoms with Crippen molar-refractivity contribution in [2.45, 2.75) is 57.7 Å². The van der Waals surface area contributed by atoms with Gasteiger partial charge in [0, 0.05) is 12.5 Å². The zero-order chi connectivity index (χ0) is 20.5. The van der Waals surface area contributed by atoms with Crippen molar-refractivity contribution in [2.75, 3.05) is 0 Å². The molecule has 4 rings (SSSR count). The highest BCUT2D eigenvalue weighted by atomic mass is 19.1. The molecular weight excluding hydrogens is 365 g/mol. The second-order valence-electron chi connectivity index (χ2n) is 8.43. The van der Waals surface area contributed by atoms with Crippen LogP contribution in [0.5, 0.6) is 0 Å². The molecule has 0 unspecified atom stereocenters. The molecule has 2 bridgehead atoms. The summed E-state index contributed by atoms with van der Waals surface area (Å²) in [6, 6.07) is 13.6. The van der Waals surface area contributed by atoms with Crippen molar-refractivity contribution < 1.29 is 9.18 Å². The molecule has 0 radical (unpaired) electrons. The third-order valence-electron chi connectivity index (χ3n) is 6.28. The number of piperidine rings is 1. The summed E-state index contributed by atoms with van der Waals surface area (Å²) in [5, 5.41) is 15.8. The summed E-state index contributed by atoms with van der Waals surface area (Å²) < 4.78 is 13.9. The van der Waals surface area contributed by atoms with Gasteiger partial charge in [-0.3, -0.25) is 4.79 Å². The minimum Gasteiger partial charge on any atom is -0.339 e. The molecule has 5 heteroatoms. The van der Waals surface area contributed by atoms with Crippen molar-refractivity contribution in [2.24, 2.45) is 5.92 Å². The van der Waals surface area contributed by atoms with Crippen LogP contribution in [0.4, 0.5) is 4.39 Å². The predicted octanol–water partition coefficient (Wildman–Crippen LogP) is 3.80. The van der Waals surface area contributed by atoms with Crippen molar-refractivity contribution in [3.63, 3.8) is 0 Å². The summed E-state index contributed by atoms with van der Waals surface area (Å²) in [6.45, 7) is 3.54. The average molecular weight is 391 g/mol. The third kappa shape index (κ3) is 4.04. The molecule has 0 aromatic heterocycles. The maximum absolute atomic E-state index is 13.9. The molecule has 1 saturated carbocycles. The van der Waals surface area contributed by atoms with Crippen LogP contribution in [0.3, 0.4) is 0 Å². The van der Waals surface area contributed by atoms with Gasteiger partial charge in [0.15, 0.2) is 0 Å². The number of nitrogens with zero attached hydrogens (tertiary/aromatic N) is 1. The summed E-state index contributed by atoms with van der Waals surface area (Å²) in [7, 11) is 0. The second kappa shape index (κ2) is 7.96. The van der Waals surface area contributed by atoms with E-state index in [1.165, 1.54) is 0 Å². The topological polar surface area (TPSA) is 64.9 Å². The van der Waals surface area contributed by atoms with Gasteiger partial charge >= 0.3 is 0 Å². The lowest BCUT2D eigenvalue weighted by molar-refractivity contribution is -0.124. The number of fused-ring (bicyclic) bond motifs is 2. The first kappa shape index (κ1) is 19.6. The Morgan fingerprint density at radius 1 is 1.21 bits per heavy atom. The van der Waals surface area contributed by atoms with E-state index in [0.717, 1.165) is 36.0 Å². The van der Waals surface area contributed by atoms with E-state index in [1.807, 2.05) is 36.4 Å². The van der Waals surface area contributed by atoms with Gasteiger partial charge in [-0.05, 0) is 79.0 Å². The van der Waals surface area contributed by atoms with Crippen molar-refractivity contribution in [1.29, 1.82) is 5.26 Å². The van der Waals surface area contributed by atoms with Crippen molar-refractivity contribution in [1.82, 2.24) is 10.6 Å². The lowest BCUT2D eigenvalue weighted by Gasteiger charge is -2.23. The van der Waals surface area contributed by atoms with Gasteiger partial charge in [0.2, 0.25) is 5.91 Å². The van der Waals surface area contributed by atoms with Gasteiger partial charge in [0.05, 0.1) is 12.1 Å². The van der Waals surface area contributed by atoms with Crippen LogP contribution in [-0.4, -0.2) is 24.0 Å². The average Bonchev–Trinajstić information content (AvgIpc) is 3.35. The van der Waals surface area contributed by atoms with Crippen LogP contribution in [0.2, 0.25) is 0 Å². The predicted molar refractivity (Wildman–Crippen MR) is 111 cm³/mol. The largest absolute Gasteiger partial charge is 0.339 e. The number of nitriles is 1. The van der Waals surface area contributed by atoms with Crippen molar-refractivity contribution >= 4 is 5.91 Å². The third-order valence-corrected chi connectivity index (χ3v) is 6.28. The minimum atomic E-state index is -0.551. The van der Waals surface area contributed by atoms with Crippen LogP contribution >= 0.6 is 0 Å². The normalized spacial score (nSPS) is 23.6. The number of hydrogen-bond acceptors (Lipinski definition) is 3. The van der Waals surface area contributed by atoms with Crippen LogP contribution in [0.25, 0.3) is 11.1 Å². The van der Waals surface area contributed by atoms with E-state index in [0.29, 0.717) is 29.5 Å². The minimum absolute atomic E-state index is 0.0577. The zero-order valence-electron chi connectivity index (χ0n) is 16.8. The summed E-state index contributed by atoms with van der Waals surface area (Å²) >= 11 is 0. The highest BCUT2D eigenvalue weighted by molar-refractivity contribution is 5.83. The van der Waals surface area contributed by atoms with Crippen LogP contribution < -0.4 is 10.6 Å². The quantitative estimate of drug-likeness (QED) is 0.815. The fraction of sp³-hybridized carbons (Fsp3) is 0.417. The Bertz CT molecular complexity index is 940. The number of benzene rings is 2. The van der Waals surface area contributed by atoms with E-state index in [2.05, 4.69) is 16.7 Å². The molecule has 2 aromatic rings. The van der Waals surface area contributed by atoms with Crippen LogP contribution in [0, 0.1) is 36.9 Å². The fourth-order valence-electron chi connectivity index (χ4n) is 4.72. The first-order chi connectivity index (χ1) is 13.9. The number of hydrogen-bond donors (Lipinski definition) is 2. The van der Waals surface area contributed by atoms with Gasteiger partial charge in [-0.25, -0.2) is 4.39 Å². The molecule has 2 fully saturated rings. The van der Waals surface area contributed by atoms with Crippen LogP contribution in [-0.2, 0) is 11.2 Å². The van der Waals surface area contributed by atoms with Gasteiger partial charge in [-0.15, -0.1) is 0 Å². The first-order valence-corrected chi connectivity index (χ1v) is 10.3. The van der Waals surface area contributed by atoms with E-state index >= 15 is 0 Å². The molecule has 150 valence electrons. The smallest absolute Gasteiger partial charge is 0.238 e. The van der Waals surface area contributed by atoms with Gasteiger partial charge in [-0.1, -0.05) is 24.3 Å². The molecule has 2 N–H and O–H groups in total. The molecule has 1 aliphatic carbocycles. The van der Waals surface area contributed by atoms with E-state index in [-0.39, 0.29) is 17.8 Å². The highest BCUT2D eigenvalue weighted by Gasteiger charge is 2.43. The van der Waals surface area contributed by atoms with E-state index < -0.39 is 6.04 Å². The number of carbonyl (C=O) groups excluding carboxylic acids is 1. The molecule has 1 aliphatic heterocycles.